The molecule has 0 N–H and O–H groups in total. The van der Waals surface area contributed by atoms with Crippen LogP contribution in [0.3, 0.4) is 0 Å². The summed E-state index contributed by atoms with van der Waals surface area (Å²) < 4.78 is 5.85. The summed E-state index contributed by atoms with van der Waals surface area (Å²) in [6, 6.07) is 10.1. The van der Waals surface area contributed by atoms with Crippen molar-refractivity contribution in [3.63, 3.8) is 0 Å². The Labute approximate surface area is 114 Å². The van der Waals surface area contributed by atoms with Gasteiger partial charge in [0.1, 0.15) is 11.8 Å². The Morgan fingerprint density at radius 2 is 2.16 bits per heavy atom. The first-order valence-electron chi connectivity index (χ1n) is 6.88. The summed E-state index contributed by atoms with van der Waals surface area (Å²) in [5.74, 6) is 0. The van der Waals surface area contributed by atoms with E-state index in [1.807, 2.05) is 30.3 Å². The summed E-state index contributed by atoms with van der Waals surface area (Å²) in [4.78, 5) is 5.56. The van der Waals surface area contributed by atoms with Crippen LogP contribution in [-0.4, -0.2) is 24.5 Å². The molecule has 2 atom stereocenters. The van der Waals surface area contributed by atoms with Crippen molar-refractivity contribution < 1.29 is 9.57 Å². The summed E-state index contributed by atoms with van der Waals surface area (Å²) in [6.45, 7) is 6.39. The molecule has 0 radical (unpaired) electrons. The fraction of sp³-hybridized carbons (Fsp3) is 0.438. The summed E-state index contributed by atoms with van der Waals surface area (Å²) in [6.07, 6.45) is 4.93. The molecule has 1 aromatic rings. The van der Waals surface area contributed by atoms with Crippen molar-refractivity contribution in [1.29, 1.82) is 0 Å². The molecule has 3 nitrogen and oxygen atoms in total. The van der Waals surface area contributed by atoms with E-state index in [0.717, 1.165) is 30.5 Å². The molecule has 102 valence electrons. The van der Waals surface area contributed by atoms with Gasteiger partial charge >= 0.3 is 0 Å². The third-order valence-corrected chi connectivity index (χ3v) is 3.20. The highest BCUT2D eigenvalue weighted by atomic mass is 16.7. The quantitative estimate of drug-likeness (QED) is 0.701. The highest BCUT2D eigenvalue weighted by Gasteiger charge is 2.35. The van der Waals surface area contributed by atoms with Crippen molar-refractivity contribution in [2.45, 2.75) is 38.4 Å². The van der Waals surface area contributed by atoms with Crippen LogP contribution >= 0.6 is 0 Å². The van der Waals surface area contributed by atoms with Gasteiger partial charge in [0.25, 0.3) is 0 Å². The summed E-state index contributed by atoms with van der Waals surface area (Å²) >= 11 is 0. The minimum atomic E-state index is -0.0908. The Hall–Kier alpha value is -1.61. The Balaban J connectivity index is 2.11. The van der Waals surface area contributed by atoms with Crippen LogP contribution < -0.4 is 0 Å². The fourth-order valence-electron chi connectivity index (χ4n) is 2.20. The Morgan fingerprint density at radius 3 is 2.84 bits per heavy atom. The zero-order valence-electron chi connectivity index (χ0n) is 11.4. The molecule has 3 heteroatoms. The number of nitrogens with zero attached hydrogens (tertiary/aromatic N) is 1. The van der Waals surface area contributed by atoms with Crippen molar-refractivity contribution in [3.05, 3.63) is 48.6 Å². The van der Waals surface area contributed by atoms with Crippen molar-refractivity contribution in [3.8, 4) is 0 Å². The predicted octanol–water partition coefficient (Wildman–Crippen LogP) is 3.55. The number of ether oxygens (including phenoxy) is 1. The Morgan fingerprint density at radius 1 is 1.37 bits per heavy atom. The smallest absolute Gasteiger partial charge is 0.159 e. The Bertz CT molecular complexity index is 428. The molecule has 0 bridgehead atoms. The molecule has 0 aromatic heterocycles. The number of oxime groups is 1. The molecular weight excluding hydrogens is 238 g/mol. The molecule has 0 saturated carbocycles. The largest absolute Gasteiger partial charge is 0.389 e. The molecule has 1 aromatic carbocycles. The van der Waals surface area contributed by atoms with Gasteiger partial charge in [0, 0.05) is 5.56 Å². The number of hydrogen-bond donors (Lipinski definition) is 0. The molecule has 0 amide bonds. The lowest BCUT2D eigenvalue weighted by molar-refractivity contribution is -0.0129. The van der Waals surface area contributed by atoms with Crippen LogP contribution in [0.2, 0.25) is 0 Å². The van der Waals surface area contributed by atoms with Crippen molar-refractivity contribution >= 4 is 5.71 Å². The molecule has 0 aliphatic carbocycles. The number of hydrogen-bond acceptors (Lipinski definition) is 3. The van der Waals surface area contributed by atoms with E-state index < -0.39 is 0 Å². The molecule has 1 aliphatic heterocycles. The molecule has 19 heavy (non-hydrogen) atoms. The number of unbranched alkanes of at least 4 members (excludes halogenated alkanes) is 1. The zero-order chi connectivity index (χ0) is 13.5. The van der Waals surface area contributed by atoms with E-state index in [9.17, 15) is 0 Å². The normalized spacial score (nSPS) is 21.8. The molecule has 2 rings (SSSR count). The van der Waals surface area contributed by atoms with Gasteiger partial charge in [-0.1, -0.05) is 54.9 Å². The van der Waals surface area contributed by atoms with E-state index in [1.54, 1.807) is 6.08 Å². The molecule has 0 fully saturated rings. The maximum atomic E-state index is 5.85. The second-order valence-corrected chi connectivity index (χ2v) is 4.67. The molecule has 0 spiro atoms. The van der Waals surface area contributed by atoms with Gasteiger partial charge in [-0.2, -0.15) is 0 Å². The third-order valence-electron chi connectivity index (χ3n) is 3.20. The lowest BCUT2D eigenvalue weighted by Gasteiger charge is -2.18. The van der Waals surface area contributed by atoms with Crippen LogP contribution in [0, 0.1) is 0 Å². The number of benzene rings is 1. The lowest BCUT2D eigenvalue weighted by atomic mass is 9.99. The minimum Gasteiger partial charge on any atom is -0.389 e. The molecule has 0 unspecified atom stereocenters. The minimum absolute atomic E-state index is 0.0232. The first-order valence-corrected chi connectivity index (χ1v) is 6.88. The maximum Gasteiger partial charge on any atom is 0.159 e. The van der Waals surface area contributed by atoms with Crippen LogP contribution in [0.15, 0.2) is 48.1 Å². The summed E-state index contributed by atoms with van der Waals surface area (Å²) in [5.41, 5.74) is 1.96. The van der Waals surface area contributed by atoms with E-state index in [-0.39, 0.29) is 12.2 Å². The summed E-state index contributed by atoms with van der Waals surface area (Å²) in [5, 5.41) is 4.23. The van der Waals surface area contributed by atoms with Crippen LogP contribution in [0.4, 0.5) is 0 Å². The van der Waals surface area contributed by atoms with Crippen molar-refractivity contribution in [2.24, 2.45) is 5.16 Å². The first-order chi connectivity index (χ1) is 9.36. The van der Waals surface area contributed by atoms with Gasteiger partial charge < -0.3 is 9.57 Å². The van der Waals surface area contributed by atoms with Gasteiger partial charge in [-0.05, 0) is 12.8 Å². The predicted molar refractivity (Wildman–Crippen MR) is 77.3 cm³/mol. The highest BCUT2D eigenvalue weighted by Crippen LogP contribution is 2.24. The van der Waals surface area contributed by atoms with Gasteiger partial charge in [-0.25, -0.2) is 0 Å². The average molecular weight is 259 g/mol. The fourth-order valence-corrected chi connectivity index (χ4v) is 2.20. The zero-order valence-corrected chi connectivity index (χ0v) is 11.4. The number of rotatable bonds is 7. The van der Waals surface area contributed by atoms with Gasteiger partial charge in [0.15, 0.2) is 6.10 Å². The molecular formula is C16H21NO2. The van der Waals surface area contributed by atoms with Crippen molar-refractivity contribution in [1.82, 2.24) is 0 Å². The van der Waals surface area contributed by atoms with Gasteiger partial charge in [0.05, 0.1) is 6.61 Å². The highest BCUT2D eigenvalue weighted by molar-refractivity contribution is 6.04. The topological polar surface area (TPSA) is 30.8 Å². The van der Waals surface area contributed by atoms with Crippen LogP contribution in [0.5, 0.6) is 0 Å². The van der Waals surface area contributed by atoms with Crippen LogP contribution in [0.25, 0.3) is 0 Å². The second-order valence-electron chi connectivity index (χ2n) is 4.67. The molecule has 1 heterocycles. The van der Waals surface area contributed by atoms with E-state index in [1.165, 1.54) is 0 Å². The second kappa shape index (κ2) is 7.10. The van der Waals surface area contributed by atoms with E-state index in [0.29, 0.717) is 6.61 Å². The SMILES string of the molecule is C=CCO[C@@H]1C(c2ccccc2)=NO[C@H]1CCCC. The van der Waals surface area contributed by atoms with Crippen LogP contribution in [0.1, 0.15) is 31.7 Å². The van der Waals surface area contributed by atoms with Crippen molar-refractivity contribution in [2.75, 3.05) is 6.61 Å². The third kappa shape index (κ3) is 3.44. The average Bonchev–Trinajstić information content (AvgIpc) is 2.86. The monoisotopic (exact) mass is 259 g/mol. The standard InChI is InChI=1S/C16H21NO2/c1-3-5-11-14-16(18-12-4-2)15(17-19-14)13-9-7-6-8-10-13/h4,6-10,14,16H,2-3,5,11-12H2,1H3/t14-,16-/m0/s1. The van der Waals surface area contributed by atoms with E-state index in [4.69, 9.17) is 9.57 Å². The Kier molecular flexibility index (Phi) is 5.16. The van der Waals surface area contributed by atoms with Gasteiger partial charge in [-0.15, -0.1) is 6.58 Å². The lowest BCUT2D eigenvalue weighted by Crippen LogP contribution is -2.33. The summed E-state index contributed by atoms with van der Waals surface area (Å²) in [7, 11) is 0. The van der Waals surface area contributed by atoms with E-state index in [2.05, 4.69) is 18.7 Å². The first kappa shape index (κ1) is 13.8. The van der Waals surface area contributed by atoms with Gasteiger partial charge in [0.2, 0.25) is 0 Å². The molecule has 0 saturated heterocycles. The molecule has 1 aliphatic rings. The van der Waals surface area contributed by atoms with Crippen LogP contribution in [-0.2, 0) is 9.57 Å². The van der Waals surface area contributed by atoms with E-state index >= 15 is 0 Å². The van der Waals surface area contributed by atoms with Gasteiger partial charge in [-0.3, -0.25) is 0 Å². The maximum absolute atomic E-state index is 5.85.